The number of aliphatic hydroxyl groups is 3. The third kappa shape index (κ3) is 6.32. The van der Waals surface area contributed by atoms with Crippen LogP contribution in [0.5, 0.6) is 0 Å². The van der Waals surface area contributed by atoms with Crippen molar-refractivity contribution >= 4 is 5.97 Å². The second-order valence-electron chi connectivity index (χ2n) is 13.4. The maximum Gasteiger partial charge on any atom is 0.314 e. The summed E-state index contributed by atoms with van der Waals surface area (Å²) in [5.74, 6) is 0.552. The number of ether oxygens (including phenoxy) is 1. The normalized spacial score (nSPS) is 34.4. The topological polar surface area (TPSA) is 87.0 Å². The maximum atomic E-state index is 12.5. The molecule has 0 aromatic carbocycles. The molecule has 0 saturated heterocycles. The summed E-state index contributed by atoms with van der Waals surface area (Å²) in [4.78, 5) is 12.5. The van der Waals surface area contributed by atoms with Gasteiger partial charge in [0.15, 0.2) is 0 Å². The Bertz CT molecular complexity index is 952. The third-order valence-electron chi connectivity index (χ3n) is 9.44. The number of esters is 1. The molecule has 3 fully saturated rings. The van der Waals surface area contributed by atoms with E-state index in [1.54, 1.807) is 19.9 Å². The van der Waals surface area contributed by atoms with E-state index >= 15 is 0 Å². The van der Waals surface area contributed by atoms with Crippen LogP contribution in [0.2, 0.25) is 0 Å². The minimum Gasteiger partial charge on any atom is -0.462 e. The molecule has 3 aliphatic rings. The molecular weight excluding hydrogens is 464 g/mol. The molecule has 0 radical (unpaired) electrons. The lowest BCUT2D eigenvalue weighted by atomic mass is 9.57. The Labute approximate surface area is 224 Å². The van der Waals surface area contributed by atoms with Gasteiger partial charge < -0.3 is 20.1 Å². The highest BCUT2D eigenvalue weighted by atomic mass is 16.5. The van der Waals surface area contributed by atoms with Gasteiger partial charge in [-0.25, -0.2) is 0 Å². The predicted octanol–water partition coefficient (Wildman–Crippen LogP) is 6.05. The molecule has 5 heteroatoms. The number of aliphatic hydroxyl groups excluding tert-OH is 3. The zero-order valence-corrected chi connectivity index (χ0v) is 24.1. The molecule has 3 N–H and O–H groups in total. The molecule has 37 heavy (non-hydrogen) atoms. The Balaban J connectivity index is 1.78. The van der Waals surface area contributed by atoms with E-state index in [0.29, 0.717) is 24.7 Å². The van der Waals surface area contributed by atoms with Gasteiger partial charge in [0.25, 0.3) is 0 Å². The third-order valence-corrected chi connectivity index (χ3v) is 9.44. The number of rotatable bonds is 7. The van der Waals surface area contributed by atoms with Crippen LogP contribution in [0.4, 0.5) is 0 Å². The van der Waals surface area contributed by atoms with Gasteiger partial charge in [0, 0.05) is 6.42 Å². The number of allylic oxidation sites excluding steroid dienone is 4. The van der Waals surface area contributed by atoms with Crippen molar-refractivity contribution in [1.29, 1.82) is 0 Å². The first-order valence-electron chi connectivity index (χ1n) is 14.1. The SMILES string of the molecule is C=C1/C(=C\C=C2/CCC[C@]3(C)[C@@H](C(C)(C)/C=C/[C@H](O)C(C)(C)C(=O)OC(C)C)CC[C@@H]23)C[C@@H](O)C[C@@H]1O. The van der Waals surface area contributed by atoms with Crippen molar-refractivity contribution < 1.29 is 24.9 Å². The number of carbonyl (C=O) groups is 1. The highest BCUT2D eigenvalue weighted by Gasteiger charge is 2.53. The van der Waals surface area contributed by atoms with Crippen molar-refractivity contribution in [2.45, 2.75) is 118 Å². The van der Waals surface area contributed by atoms with Crippen LogP contribution in [0.25, 0.3) is 0 Å². The molecule has 0 heterocycles. The molecule has 0 amide bonds. The second kappa shape index (κ2) is 11.2. The summed E-state index contributed by atoms with van der Waals surface area (Å²) in [5.41, 5.74) is 2.14. The van der Waals surface area contributed by atoms with Crippen LogP contribution < -0.4 is 0 Å². The Morgan fingerprint density at radius 3 is 2.49 bits per heavy atom. The van der Waals surface area contributed by atoms with Gasteiger partial charge in [0.05, 0.1) is 29.8 Å². The lowest BCUT2D eigenvalue weighted by Crippen LogP contribution is -2.40. The Hall–Kier alpha value is -1.69. The van der Waals surface area contributed by atoms with Crippen molar-refractivity contribution in [3.8, 4) is 0 Å². The molecule has 3 aliphatic carbocycles. The summed E-state index contributed by atoms with van der Waals surface area (Å²) < 4.78 is 5.37. The summed E-state index contributed by atoms with van der Waals surface area (Å²) in [7, 11) is 0. The lowest BCUT2D eigenvalue weighted by Gasteiger charge is -2.47. The monoisotopic (exact) mass is 514 g/mol. The van der Waals surface area contributed by atoms with Gasteiger partial charge in [0.1, 0.15) is 0 Å². The van der Waals surface area contributed by atoms with Gasteiger partial charge in [-0.15, -0.1) is 0 Å². The number of hydrogen-bond donors (Lipinski definition) is 3. The Morgan fingerprint density at radius 1 is 1.16 bits per heavy atom. The van der Waals surface area contributed by atoms with Gasteiger partial charge in [0.2, 0.25) is 0 Å². The molecule has 0 aromatic rings. The standard InChI is InChI=1S/C32H50O5/c1-20(2)37-29(36)31(6,7)28(35)15-17-30(4,5)27-14-13-25-22(10-9-16-32(25,27)8)11-12-23-18-24(33)19-26(34)21(23)3/h11-12,15,17,20,24-28,33-35H,3,9-10,13-14,16,18-19H2,1-2,4-8H3/b17-15+,22-11+,23-12-/t24-,25+,26+,27-,28+,32+/m1/s1. The van der Waals surface area contributed by atoms with Gasteiger partial charge in [-0.05, 0) is 100 Å². The van der Waals surface area contributed by atoms with Crippen LogP contribution >= 0.6 is 0 Å². The first-order chi connectivity index (χ1) is 17.1. The lowest BCUT2D eigenvalue weighted by molar-refractivity contribution is -0.162. The minimum absolute atomic E-state index is 0.144. The zero-order chi connectivity index (χ0) is 27.8. The van der Waals surface area contributed by atoms with Crippen molar-refractivity contribution in [3.05, 3.63) is 47.6 Å². The predicted molar refractivity (Wildman–Crippen MR) is 149 cm³/mol. The van der Waals surface area contributed by atoms with Crippen molar-refractivity contribution in [2.75, 3.05) is 0 Å². The second-order valence-corrected chi connectivity index (χ2v) is 13.4. The van der Waals surface area contributed by atoms with Gasteiger partial charge >= 0.3 is 5.97 Å². The van der Waals surface area contributed by atoms with E-state index in [2.05, 4.69) is 45.6 Å². The summed E-state index contributed by atoms with van der Waals surface area (Å²) >= 11 is 0. The maximum absolute atomic E-state index is 12.5. The minimum atomic E-state index is -1.02. The van der Waals surface area contributed by atoms with E-state index in [-0.39, 0.29) is 22.9 Å². The van der Waals surface area contributed by atoms with Crippen LogP contribution in [0, 0.1) is 28.1 Å². The average molecular weight is 515 g/mol. The van der Waals surface area contributed by atoms with Crippen LogP contribution in [0.1, 0.15) is 93.4 Å². The van der Waals surface area contributed by atoms with E-state index in [4.69, 9.17) is 4.74 Å². The average Bonchev–Trinajstić information content (AvgIpc) is 3.16. The Morgan fingerprint density at radius 2 is 1.84 bits per heavy atom. The molecule has 0 aliphatic heterocycles. The number of fused-ring (bicyclic) bond motifs is 1. The molecule has 3 rings (SSSR count). The zero-order valence-electron chi connectivity index (χ0n) is 24.1. The van der Waals surface area contributed by atoms with Crippen molar-refractivity contribution in [3.63, 3.8) is 0 Å². The highest BCUT2D eigenvalue weighted by molar-refractivity contribution is 5.77. The first kappa shape index (κ1) is 29.9. The molecule has 6 atom stereocenters. The first-order valence-corrected chi connectivity index (χ1v) is 14.1. The quantitative estimate of drug-likeness (QED) is 0.284. The van der Waals surface area contributed by atoms with Gasteiger partial charge in [-0.3, -0.25) is 4.79 Å². The van der Waals surface area contributed by atoms with E-state index in [0.717, 1.165) is 36.8 Å². The molecule has 3 saturated carbocycles. The summed E-state index contributed by atoms with van der Waals surface area (Å²) in [6.07, 6.45) is 12.5. The fourth-order valence-electron chi connectivity index (χ4n) is 7.11. The van der Waals surface area contributed by atoms with E-state index < -0.39 is 23.7 Å². The molecule has 0 bridgehead atoms. The number of carbonyl (C=O) groups excluding carboxylic acids is 1. The summed E-state index contributed by atoms with van der Waals surface area (Å²) in [6.45, 7) is 18.1. The fourth-order valence-corrected chi connectivity index (χ4v) is 7.11. The molecule has 0 aromatic heterocycles. The van der Waals surface area contributed by atoms with E-state index in [9.17, 15) is 20.1 Å². The van der Waals surface area contributed by atoms with Crippen LogP contribution in [-0.2, 0) is 9.53 Å². The van der Waals surface area contributed by atoms with Crippen LogP contribution in [0.3, 0.4) is 0 Å². The molecular formula is C32H50O5. The van der Waals surface area contributed by atoms with Crippen LogP contribution in [0.15, 0.2) is 47.6 Å². The molecule has 208 valence electrons. The summed E-state index contributed by atoms with van der Waals surface area (Å²) in [5, 5.41) is 31.2. The number of hydrogen-bond acceptors (Lipinski definition) is 5. The largest absolute Gasteiger partial charge is 0.462 e. The van der Waals surface area contributed by atoms with E-state index in [1.165, 1.54) is 12.0 Å². The van der Waals surface area contributed by atoms with Gasteiger partial charge in [-0.2, -0.15) is 0 Å². The van der Waals surface area contributed by atoms with Gasteiger partial charge in [-0.1, -0.05) is 57.2 Å². The summed E-state index contributed by atoms with van der Waals surface area (Å²) in [6, 6.07) is 0. The molecule has 0 spiro atoms. The highest BCUT2D eigenvalue weighted by Crippen LogP contribution is 2.62. The smallest absolute Gasteiger partial charge is 0.314 e. The molecule has 5 nitrogen and oxygen atoms in total. The van der Waals surface area contributed by atoms with Crippen LogP contribution in [-0.4, -0.2) is 45.7 Å². The Kier molecular flexibility index (Phi) is 9.04. The van der Waals surface area contributed by atoms with Crippen molar-refractivity contribution in [1.82, 2.24) is 0 Å². The van der Waals surface area contributed by atoms with E-state index in [1.807, 2.05) is 13.8 Å². The van der Waals surface area contributed by atoms with Crippen molar-refractivity contribution in [2.24, 2.45) is 28.1 Å². The fraction of sp³-hybridized carbons (Fsp3) is 0.719. The molecule has 0 unspecified atom stereocenters.